The molecule has 2 aliphatic carbocycles. The number of pyridine rings is 1. The third kappa shape index (κ3) is 6.46. The van der Waals surface area contributed by atoms with E-state index < -0.39 is 0 Å². The molecule has 7 aromatic rings. The van der Waals surface area contributed by atoms with Crippen LogP contribution in [-0.4, -0.2) is 19.9 Å². The van der Waals surface area contributed by atoms with Crippen LogP contribution in [-0.2, 0) is 25.7 Å². The second-order valence-corrected chi connectivity index (χ2v) is 14.6. The van der Waals surface area contributed by atoms with Gasteiger partial charge in [-0.15, -0.1) is 0 Å². The van der Waals surface area contributed by atoms with E-state index in [4.69, 9.17) is 19.9 Å². The molecule has 0 bridgehead atoms. The van der Waals surface area contributed by atoms with Crippen molar-refractivity contribution in [3.8, 4) is 67.7 Å². The predicted molar refractivity (Wildman–Crippen MR) is 213 cm³/mol. The summed E-state index contributed by atoms with van der Waals surface area (Å²) in [4.78, 5) is 20.1. The predicted octanol–water partition coefficient (Wildman–Crippen LogP) is 11.6. The van der Waals surface area contributed by atoms with Crippen molar-refractivity contribution in [3.05, 3.63) is 155 Å². The number of nitrogens with zero attached hydrogens (tertiary/aromatic N) is 4. The molecular formula is C48H42N4. The molecule has 9 rings (SSSR count). The van der Waals surface area contributed by atoms with E-state index in [0.717, 1.165) is 53.6 Å². The van der Waals surface area contributed by atoms with Crippen LogP contribution in [0.2, 0.25) is 0 Å². The van der Waals surface area contributed by atoms with Crippen LogP contribution in [0.4, 0.5) is 0 Å². The van der Waals surface area contributed by atoms with Crippen molar-refractivity contribution in [2.75, 3.05) is 0 Å². The van der Waals surface area contributed by atoms with Crippen molar-refractivity contribution in [1.82, 2.24) is 19.9 Å². The van der Waals surface area contributed by atoms with Crippen molar-refractivity contribution in [2.45, 2.75) is 65.2 Å². The number of rotatable bonds is 6. The minimum Gasteiger partial charge on any atom is -0.255 e. The first-order chi connectivity index (χ1) is 25.5. The Bertz CT molecular complexity index is 2330. The summed E-state index contributed by atoms with van der Waals surface area (Å²) in [5, 5.41) is 0. The zero-order chi connectivity index (χ0) is 35.0. The molecule has 0 fully saturated rings. The first kappa shape index (κ1) is 32.2. The zero-order valence-corrected chi connectivity index (χ0v) is 30.0. The monoisotopic (exact) mass is 674 g/mol. The van der Waals surface area contributed by atoms with E-state index in [1.165, 1.54) is 81.3 Å². The molecule has 2 heterocycles. The summed E-state index contributed by atoms with van der Waals surface area (Å²) < 4.78 is 0. The van der Waals surface area contributed by atoms with Crippen molar-refractivity contribution < 1.29 is 0 Å². The molecular weight excluding hydrogens is 633 g/mol. The number of hydrogen-bond acceptors (Lipinski definition) is 4. The summed E-state index contributed by atoms with van der Waals surface area (Å²) in [6, 6.07) is 41.8. The summed E-state index contributed by atoms with van der Waals surface area (Å²) in [5.74, 6) is 2.08. The number of hydrogen-bond donors (Lipinski definition) is 0. The van der Waals surface area contributed by atoms with Gasteiger partial charge in [0.25, 0.3) is 0 Å². The van der Waals surface area contributed by atoms with Crippen molar-refractivity contribution >= 4 is 0 Å². The Morgan fingerprint density at radius 2 is 0.846 bits per heavy atom. The molecule has 52 heavy (non-hydrogen) atoms. The highest BCUT2D eigenvalue weighted by atomic mass is 15.0. The van der Waals surface area contributed by atoms with Gasteiger partial charge in [-0.1, -0.05) is 102 Å². The Morgan fingerprint density at radius 1 is 0.385 bits per heavy atom. The van der Waals surface area contributed by atoms with Crippen LogP contribution in [0.15, 0.2) is 121 Å². The summed E-state index contributed by atoms with van der Waals surface area (Å²) in [5.41, 5.74) is 18.2. The molecule has 2 aliphatic rings. The first-order valence-corrected chi connectivity index (χ1v) is 18.8. The lowest BCUT2D eigenvalue weighted by Gasteiger charge is -2.17. The van der Waals surface area contributed by atoms with Gasteiger partial charge in [0, 0.05) is 28.5 Å². The van der Waals surface area contributed by atoms with Gasteiger partial charge >= 0.3 is 0 Å². The molecule has 4 heteroatoms. The van der Waals surface area contributed by atoms with E-state index in [1.54, 1.807) is 0 Å². The topological polar surface area (TPSA) is 51.6 Å². The third-order valence-electron chi connectivity index (χ3n) is 10.8. The highest BCUT2D eigenvalue weighted by Crippen LogP contribution is 2.35. The fraction of sp³-hybridized carbons (Fsp3) is 0.208. The van der Waals surface area contributed by atoms with Gasteiger partial charge in [0.1, 0.15) is 0 Å². The smallest absolute Gasteiger partial charge is 0.165 e. The lowest BCUT2D eigenvalue weighted by molar-refractivity contribution is 0.685. The number of aryl methyl sites for hydroxylation is 6. The average Bonchev–Trinajstić information content (AvgIpc) is 3.20. The second-order valence-electron chi connectivity index (χ2n) is 14.6. The maximum absolute atomic E-state index is 5.09. The Balaban J connectivity index is 1.05. The van der Waals surface area contributed by atoms with Crippen LogP contribution in [0.25, 0.3) is 67.7 Å². The number of fused-ring (bicyclic) bond motifs is 2. The van der Waals surface area contributed by atoms with E-state index >= 15 is 0 Å². The van der Waals surface area contributed by atoms with Crippen molar-refractivity contribution in [2.24, 2.45) is 0 Å². The van der Waals surface area contributed by atoms with Gasteiger partial charge in [-0.2, -0.15) is 0 Å². The van der Waals surface area contributed by atoms with E-state index in [2.05, 4.69) is 129 Å². The van der Waals surface area contributed by atoms with E-state index in [0.29, 0.717) is 17.5 Å². The molecule has 0 atom stereocenters. The van der Waals surface area contributed by atoms with Crippen LogP contribution in [0.3, 0.4) is 0 Å². The van der Waals surface area contributed by atoms with E-state index in [1.807, 2.05) is 6.20 Å². The van der Waals surface area contributed by atoms with Crippen molar-refractivity contribution in [1.29, 1.82) is 0 Å². The van der Waals surface area contributed by atoms with Gasteiger partial charge in [-0.05, 0) is 134 Å². The summed E-state index contributed by atoms with van der Waals surface area (Å²) in [6.07, 6.45) is 11.4. The lowest BCUT2D eigenvalue weighted by Crippen LogP contribution is -2.05. The van der Waals surface area contributed by atoms with Gasteiger partial charge < -0.3 is 0 Å². The fourth-order valence-electron chi connectivity index (χ4n) is 8.14. The number of aromatic nitrogens is 4. The highest BCUT2D eigenvalue weighted by Gasteiger charge is 2.18. The molecule has 0 saturated carbocycles. The van der Waals surface area contributed by atoms with Crippen LogP contribution >= 0.6 is 0 Å². The molecule has 0 unspecified atom stereocenters. The van der Waals surface area contributed by atoms with E-state index in [-0.39, 0.29) is 0 Å². The minimum atomic E-state index is 0.646. The zero-order valence-electron chi connectivity index (χ0n) is 30.0. The highest BCUT2D eigenvalue weighted by molar-refractivity contribution is 5.84. The van der Waals surface area contributed by atoms with E-state index in [9.17, 15) is 0 Å². The van der Waals surface area contributed by atoms with Crippen LogP contribution in [0.5, 0.6) is 0 Å². The number of benzene rings is 5. The maximum atomic E-state index is 5.09. The van der Waals surface area contributed by atoms with Gasteiger partial charge in [0.05, 0.1) is 5.69 Å². The quantitative estimate of drug-likeness (QED) is 0.176. The molecule has 254 valence electrons. The molecule has 0 N–H and O–H groups in total. The molecule has 0 radical (unpaired) electrons. The normalized spacial score (nSPS) is 13.7. The van der Waals surface area contributed by atoms with Gasteiger partial charge in [0.15, 0.2) is 17.5 Å². The molecule has 0 aliphatic heterocycles. The SMILES string of the molecule is Cc1cc(C)cc(-c2ccccc2-c2ccc(-c3ccc(-c4nc(-c5ccc6c(c5)CCCC6)nc(-c5ccc6c(c5)CCCC6)n4)cn3)cc2)c1. The molecule has 0 spiro atoms. The molecule has 2 aromatic heterocycles. The summed E-state index contributed by atoms with van der Waals surface area (Å²) >= 11 is 0. The minimum absolute atomic E-state index is 0.646. The standard InChI is InChI=1S/C48H42N4/c1-31-25-32(2)27-42(26-31)44-14-8-7-13-43(44)35-17-19-36(20-18-35)45-24-23-41(30-49-45)48-51-46(39-21-15-33-9-3-5-11-37(33)28-39)50-47(52-48)40-22-16-34-10-4-6-12-38(34)29-40/h7-8,13-30H,3-6,9-12H2,1-2H3. The summed E-state index contributed by atoms with van der Waals surface area (Å²) in [7, 11) is 0. The van der Waals surface area contributed by atoms with Gasteiger partial charge in [-0.3, -0.25) is 4.98 Å². The largest absolute Gasteiger partial charge is 0.255 e. The second kappa shape index (κ2) is 13.8. The molecule has 4 nitrogen and oxygen atoms in total. The Morgan fingerprint density at radius 3 is 1.38 bits per heavy atom. The Kier molecular flexibility index (Phi) is 8.52. The average molecular weight is 675 g/mol. The molecule has 0 amide bonds. The van der Waals surface area contributed by atoms with Gasteiger partial charge in [-0.25, -0.2) is 15.0 Å². The van der Waals surface area contributed by atoms with Crippen LogP contribution in [0, 0.1) is 13.8 Å². The van der Waals surface area contributed by atoms with Crippen LogP contribution in [0.1, 0.15) is 59.1 Å². The first-order valence-electron chi connectivity index (χ1n) is 18.8. The molecule has 5 aromatic carbocycles. The molecule has 0 saturated heterocycles. The third-order valence-corrected chi connectivity index (χ3v) is 10.8. The lowest BCUT2D eigenvalue weighted by atomic mass is 9.90. The van der Waals surface area contributed by atoms with Crippen LogP contribution < -0.4 is 0 Å². The van der Waals surface area contributed by atoms with Crippen molar-refractivity contribution in [3.63, 3.8) is 0 Å². The Hall–Kier alpha value is -5.74. The maximum Gasteiger partial charge on any atom is 0.165 e. The fourth-order valence-corrected chi connectivity index (χ4v) is 8.14. The Labute approximate surface area is 306 Å². The van der Waals surface area contributed by atoms with Gasteiger partial charge in [0.2, 0.25) is 0 Å². The summed E-state index contributed by atoms with van der Waals surface area (Å²) in [6.45, 7) is 4.32.